The van der Waals surface area contributed by atoms with Crippen LogP contribution in [0.1, 0.15) is 10.4 Å². The van der Waals surface area contributed by atoms with Crippen LogP contribution in [0.5, 0.6) is 11.5 Å². The monoisotopic (exact) mass is 254 g/mol. The van der Waals surface area contributed by atoms with Crippen LogP contribution >= 0.6 is 11.6 Å². The highest BCUT2D eigenvalue weighted by Crippen LogP contribution is 2.38. The van der Waals surface area contributed by atoms with Gasteiger partial charge in [-0.1, -0.05) is 11.6 Å². The molecular formula is C9H6ClF3O3. The van der Waals surface area contributed by atoms with Crippen molar-refractivity contribution in [1.82, 2.24) is 0 Å². The third-order valence-corrected chi connectivity index (χ3v) is 2.18. The van der Waals surface area contributed by atoms with Crippen LogP contribution in [-0.2, 0) is 0 Å². The maximum absolute atomic E-state index is 12.1. The van der Waals surface area contributed by atoms with E-state index in [0.717, 1.165) is 12.1 Å². The molecule has 0 saturated heterocycles. The van der Waals surface area contributed by atoms with Crippen LogP contribution in [0.15, 0.2) is 12.1 Å². The minimum atomic E-state index is -5.04. The van der Waals surface area contributed by atoms with Crippen molar-refractivity contribution in [2.24, 2.45) is 0 Å². The molecule has 0 unspecified atom stereocenters. The standard InChI is InChI=1S/C9H6ClF3O3/c1-16-5-3-2-4(6(10)7(5)14)8(15)9(11,12)13/h2-3,14H,1H3. The summed E-state index contributed by atoms with van der Waals surface area (Å²) in [5.74, 6) is -2.92. The molecule has 0 atom stereocenters. The third kappa shape index (κ3) is 2.21. The first-order chi connectivity index (χ1) is 7.29. The lowest BCUT2D eigenvalue weighted by Crippen LogP contribution is -2.23. The van der Waals surface area contributed by atoms with Crippen molar-refractivity contribution in [1.29, 1.82) is 0 Å². The van der Waals surface area contributed by atoms with Gasteiger partial charge in [-0.25, -0.2) is 0 Å². The molecule has 1 aromatic carbocycles. The Hall–Kier alpha value is -1.43. The van der Waals surface area contributed by atoms with Gasteiger partial charge < -0.3 is 9.84 Å². The second-order valence-corrected chi connectivity index (χ2v) is 3.18. The first kappa shape index (κ1) is 12.6. The Balaban J connectivity index is 3.28. The molecule has 0 heterocycles. The molecule has 1 aromatic rings. The van der Waals surface area contributed by atoms with Gasteiger partial charge in [0.15, 0.2) is 11.5 Å². The van der Waals surface area contributed by atoms with Crippen LogP contribution in [0.3, 0.4) is 0 Å². The first-order valence-corrected chi connectivity index (χ1v) is 4.33. The molecule has 16 heavy (non-hydrogen) atoms. The highest BCUT2D eigenvalue weighted by Gasteiger charge is 2.41. The summed E-state index contributed by atoms with van der Waals surface area (Å²) in [4.78, 5) is 10.9. The minimum Gasteiger partial charge on any atom is -0.503 e. The Morgan fingerprint density at radius 1 is 1.44 bits per heavy atom. The Kier molecular flexibility index (Phi) is 3.32. The number of alkyl halides is 3. The van der Waals surface area contributed by atoms with Crippen LogP contribution in [-0.4, -0.2) is 24.2 Å². The molecule has 0 bridgehead atoms. The van der Waals surface area contributed by atoms with E-state index in [1.165, 1.54) is 7.11 Å². The van der Waals surface area contributed by atoms with Crippen molar-refractivity contribution in [2.75, 3.05) is 7.11 Å². The summed E-state index contributed by atoms with van der Waals surface area (Å²) in [6, 6.07) is 1.87. The van der Waals surface area contributed by atoms with Gasteiger partial charge in [0, 0.05) is 5.56 Å². The predicted octanol–water partition coefficient (Wildman–Crippen LogP) is 2.80. The summed E-state index contributed by atoms with van der Waals surface area (Å²) in [7, 11) is 1.20. The Labute approximate surface area is 93.4 Å². The number of ether oxygens (including phenoxy) is 1. The fourth-order valence-electron chi connectivity index (χ4n) is 1.04. The largest absolute Gasteiger partial charge is 0.503 e. The zero-order valence-corrected chi connectivity index (χ0v) is 8.69. The number of carbonyl (C=O) groups is 1. The topological polar surface area (TPSA) is 46.5 Å². The second-order valence-electron chi connectivity index (χ2n) is 2.80. The van der Waals surface area contributed by atoms with Crippen molar-refractivity contribution >= 4 is 17.4 Å². The van der Waals surface area contributed by atoms with Gasteiger partial charge in [0.1, 0.15) is 0 Å². The lowest BCUT2D eigenvalue weighted by atomic mass is 10.1. The fraction of sp³-hybridized carbons (Fsp3) is 0.222. The van der Waals surface area contributed by atoms with Gasteiger partial charge in [-0.3, -0.25) is 4.79 Å². The maximum Gasteiger partial charge on any atom is 0.454 e. The van der Waals surface area contributed by atoms with E-state index in [1.54, 1.807) is 0 Å². The molecule has 88 valence electrons. The lowest BCUT2D eigenvalue weighted by molar-refractivity contribution is -0.0885. The van der Waals surface area contributed by atoms with Gasteiger partial charge in [-0.15, -0.1) is 0 Å². The number of aromatic hydroxyl groups is 1. The number of benzene rings is 1. The summed E-state index contributed by atoms with van der Waals surface area (Å²) < 4.78 is 40.9. The summed E-state index contributed by atoms with van der Waals surface area (Å²) in [6.07, 6.45) is -5.04. The second kappa shape index (κ2) is 4.21. The summed E-state index contributed by atoms with van der Waals surface area (Å²) in [6.45, 7) is 0. The highest BCUT2D eigenvalue weighted by atomic mass is 35.5. The highest BCUT2D eigenvalue weighted by molar-refractivity contribution is 6.35. The van der Waals surface area contributed by atoms with Crippen LogP contribution in [0.25, 0.3) is 0 Å². The molecule has 0 aliphatic heterocycles. The quantitative estimate of drug-likeness (QED) is 0.826. The van der Waals surface area contributed by atoms with Gasteiger partial charge in [0.25, 0.3) is 5.78 Å². The van der Waals surface area contributed by atoms with Crippen molar-refractivity contribution in [3.63, 3.8) is 0 Å². The first-order valence-electron chi connectivity index (χ1n) is 3.96. The fourth-order valence-corrected chi connectivity index (χ4v) is 1.28. The van der Waals surface area contributed by atoms with Crippen molar-refractivity contribution < 1.29 is 27.8 Å². The van der Waals surface area contributed by atoms with Crippen LogP contribution < -0.4 is 4.74 Å². The molecule has 7 heteroatoms. The third-order valence-electron chi connectivity index (χ3n) is 1.80. The number of ketones is 1. The molecule has 0 spiro atoms. The molecule has 1 N–H and O–H groups in total. The van der Waals surface area contributed by atoms with E-state index in [2.05, 4.69) is 4.74 Å². The summed E-state index contributed by atoms with van der Waals surface area (Å²) in [5, 5.41) is 8.64. The summed E-state index contributed by atoms with van der Waals surface area (Å²) >= 11 is 5.43. The molecule has 1 rings (SSSR count). The lowest BCUT2D eigenvalue weighted by Gasteiger charge is -2.10. The number of methoxy groups -OCH3 is 1. The van der Waals surface area contributed by atoms with Gasteiger partial charge in [-0.2, -0.15) is 13.2 Å². The van der Waals surface area contributed by atoms with Gasteiger partial charge >= 0.3 is 6.18 Å². The van der Waals surface area contributed by atoms with Crippen molar-refractivity contribution in [3.8, 4) is 11.5 Å². The molecule has 0 aromatic heterocycles. The van der Waals surface area contributed by atoms with E-state index in [4.69, 9.17) is 11.6 Å². The molecular weight excluding hydrogens is 249 g/mol. The van der Waals surface area contributed by atoms with E-state index in [-0.39, 0.29) is 5.75 Å². The van der Waals surface area contributed by atoms with Crippen LogP contribution in [0.4, 0.5) is 13.2 Å². The average molecular weight is 255 g/mol. The number of phenols is 1. The number of carbonyl (C=O) groups excluding carboxylic acids is 1. The number of hydrogen-bond donors (Lipinski definition) is 1. The zero-order valence-electron chi connectivity index (χ0n) is 7.93. The Bertz CT molecular complexity index is 429. The molecule has 3 nitrogen and oxygen atoms in total. The zero-order chi connectivity index (χ0) is 12.5. The summed E-state index contributed by atoms with van der Waals surface area (Å²) in [5.41, 5.74) is -0.813. The smallest absolute Gasteiger partial charge is 0.454 e. The van der Waals surface area contributed by atoms with Crippen molar-refractivity contribution in [3.05, 3.63) is 22.7 Å². The maximum atomic E-state index is 12.1. The Morgan fingerprint density at radius 3 is 2.44 bits per heavy atom. The molecule has 0 amide bonds. The van der Waals surface area contributed by atoms with E-state index >= 15 is 0 Å². The molecule has 0 saturated carbocycles. The van der Waals surface area contributed by atoms with E-state index in [9.17, 15) is 23.1 Å². The van der Waals surface area contributed by atoms with Gasteiger partial charge in [-0.05, 0) is 12.1 Å². The van der Waals surface area contributed by atoms with Gasteiger partial charge in [0.05, 0.1) is 12.1 Å². The van der Waals surface area contributed by atoms with Crippen LogP contribution in [0.2, 0.25) is 5.02 Å². The normalized spacial score (nSPS) is 11.3. The van der Waals surface area contributed by atoms with Crippen LogP contribution in [0, 0.1) is 0 Å². The average Bonchev–Trinajstić information content (AvgIpc) is 2.20. The van der Waals surface area contributed by atoms with E-state index in [0.29, 0.717) is 0 Å². The van der Waals surface area contributed by atoms with Crippen molar-refractivity contribution in [2.45, 2.75) is 6.18 Å². The number of phenolic OH excluding ortho intramolecular Hbond substituents is 1. The van der Waals surface area contributed by atoms with E-state index in [1.807, 2.05) is 0 Å². The van der Waals surface area contributed by atoms with E-state index < -0.39 is 28.3 Å². The Morgan fingerprint density at radius 2 is 2.00 bits per heavy atom. The number of hydrogen-bond acceptors (Lipinski definition) is 3. The molecule has 0 aliphatic rings. The number of rotatable bonds is 2. The molecule has 0 radical (unpaired) electrons. The minimum absolute atomic E-state index is 0.108. The molecule has 0 fully saturated rings. The SMILES string of the molecule is COc1ccc(C(=O)C(F)(F)F)c(Cl)c1O. The van der Waals surface area contributed by atoms with Gasteiger partial charge in [0.2, 0.25) is 0 Å². The number of Topliss-reactive ketones (excluding diaryl/α,β-unsaturated/α-hetero) is 1. The number of halogens is 4. The predicted molar refractivity (Wildman–Crippen MR) is 50.1 cm³/mol. The molecule has 0 aliphatic carbocycles.